The van der Waals surface area contributed by atoms with Gasteiger partial charge in [0.05, 0.1) is 11.8 Å². The van der Waals surface area contributed by atoms with Crippen molar-refractivity contribution in [3.05, 3.63) is 0 Å². The predicted molar refractivity (Wildman–Crippen MR) is 55.2 cm³/mol. The van der Waals surface area contributed by atoms with Crippen LogP contribution in [-0.4, -0.2) is 36.3 Å². The Morgan fingerprint density at radius 1 is 1.71 bits per heavy atom. The number of carbonyl (C=O) groups is 1. The largest absolute Gasteiger partial charge is 0.438 e. The van der Waals surface area contributed by atoms with Crippen LogP contribution < -0.4 is 0 Å². The number of esters is 1. The zero-order valence-corrected chi connectivity index (χ0v) is 9.44. The molecule has 6 heteroatoms. The van der Waals surface area contributed by atoms with Crippen LogP contribution in [0.25, 0.3) is 0 Å². The first-order chi connectivity index (χ1) is 6.70. The van der Waals surface area contributed by atoms with Gasteiger partial charge in [0.1, 0.15) is 5.38 Å². The molecule has 4 nitrogen and oxygen atoms in total. The van der Waals surface area contributed by atoms with Crippen LogP contribution >= 0.6 is 23.4 Å². The van der Waals surface area contributed by atoms with Crippen LogP contribution in [0.2, 0.25) is 0 Å². The molecule has 0 fully saturated rings. The molecule has 0 saturated heterocycles. The van der Waals surface area contributed by atoms with Crippen molar-refractivity contribution in [2.45, 2.75) is 12.3 Å². The first kappa shape index (κ1) is 13.6. The summed E-state index contributed by atoms with van der Waals surface area (Å²) in [6.07, 6.45) is 0. The van der Waals surface area contributed by atoms with E-state index in [-0.39, 0.29) is 18.5 Å². The summed E-state index contributed by atoms with van der Waals surface area (Å²) in [7, 11) is 0. The molecule has 1 atom stereocenters. The fourth-order valence-corrected chi connectivity index (χ4v) is 1.43. The van der Waals surface area contributed by atoms with E-state index in [1.165, 1.54) is 11.8 Å². The van der Waals surface area contributed by atoms with E-state index in [0.29, 0.717) is 12.4 Å². The predicted octanol–water partition coefficient (Wildman–Crippen LogP) is 1.39. The summed E-state index contributed by atoms with van der Waals surface area (Å²) in [6.45, 7) is 2.31. The third-order valence-electron chi connectivity index (χ3n) is 1.13. The Bertz CT molecular complexity index is 207. The number of nitriles is 1. The van der Waals surface area contributed by atoms with Gasteiger partial charge in [0.25, 0.3) is 0 Å². The highest BCUT2D eigenvalue weighted by Crippen LogP contribution is 2.07. The summed E-state index contributed by atoms with van der Waals surface area (Å²) in [5.74, 6) is 0.255. The second kappa shape index (κ2) is 9.13. The van der Waals surface area contributed by atoms with Crippen molar-refractivity contribution in [2.75, 3.05) is 24.9 Å². The van der Waals surface area contributed by atoms with Gasteiger partial charge in [-0.2, -0.15) is 5.26 Å². The fourth-order valence-electron chi connectivity index (χ4n) is 0.515. The van der Waals surface area contributed by atoms with E-state index in [1.54, 1.807) is 0 Å². The minimum atomic E-state index is -0.556. The monoisotopic (exact) mass is 237 g/mol. The number of hydrogen-bond acceptors (Lipinski definition) is 5. The van der Waals surface area contributed by atoms with Crippen LogP contribution in [0.15, 0.2) is 0 Å². The van der Waals surface area contributed by atoms with Gasteiger partial charge in [0, 0.05) is 12.4 Å². The third kappa shape index (κ3) is 8.17. The molecule has 0 spiro atoms. The number of rotatable bonds is 7. The summed E-state index contributed by atoms with van der Waals surface area (Å²) in [4.78, 5) is 10.9. The maximum absolute atomic E-state index is 10.9. The number of halogens is 1. The van der Waals surface area contributed by atoms with Crippen LogP contribution in [0.3, 0.4) is 0 Å². The van der Waals surface area contributed by atoms with Gasteiger partial charge in [0.2, 0.25) is 0 Å². The molecule has 0 bridgehead atoms. The minimum Gasteiger partial charge on any atom is -0.438 e. The van der Waals surface area contributed by atoms with Crippen LogP contribution in [0, 0.1) is 11.3 Å². The molecule has 0 aliphatic heterocycles. The minimum absolute atomic E-state index is 0.0154. The van der Waals surface area contributed by atoms with E-state index in [2.05, 4.69) is 4.74 Å². The SMILES string of the molecule is CCOCOC(=O)CSCC(Cl)C#N. The molecule has 0 aromatic heterocycles. The van der Waals surface area contributed by atoms with Gasteiger partial charge in [-0.05, 0) is 6.92 Å². The van der Waals surface area contributed by atoms with E-state index < -0.39 is 5.38 Å². The quantitative estimate of drug-likeness (QED) is 0.290. The Kier molecular flexibility index (Phi) is 8.84. The third-order valence-corrected chi connectivity index (χ3v) is 2.58. The van der Waals surface area contributed by atoms with Crippen molar-refractivity contribution in [1.29, 1.82) is 5.26 Å². The second-order valence-corrected chi connectivity index (χ2v) is 3.80. The standard InChI is InChI=1S/C8H12ClNO3S/c1-2-12-6-13-8(11)5-14-4-7(9)3-10/h7H,2,4-6H2,1H3. The lowest BCUT2D eigenvalue weighted by Crippen LogP contribution is -2.12. The van der Waals surface area contributed by atoms with E-state index in [1.807, 2.05) is 13.0 Å². The molecule has 14 heavy (non-hydrogen) atoms. The Balaban J connectivity index is 3.32. The molecule has 0 amide bonds. The molecule has 0 N–H and O–H groups in total. The zero-order valence-electron chi connectivity index (χ0n) is 7.86. The molecule has 0 heterocycles. The van der Waals surface area contributed by atoms with Crippen LogP contribution in [0.4, 0.5) is 0 Å². The van der Waals surface area contributed by atoms with Crippen LogP contribution in [0.5, 0.6) is 0 Å². The van der Waals surface area contributed by atoms with Gasteiger partial charge in [0.15, 0.2) is 6.79 Å². The molecule has 0 aromatic carbocycles. The van der Waals surface area contributed by atoms with Crippen molar-refractivity contribution < 1.29 is 14.3 Å². The molecule has 0 radical (unpaired) electrons. The summed E-state index contributed by atoms with van der Waals surface area (Å²) < 4.78 is 9.51. The summed E-state index contributed by atoms with van der Waals surface area (Å²) >= 11 is 6.78. The van der Waals surface area contributed by atoms with E-state index >= 15 is 0 Å². The van der Waals surface area contributed by atoms with Crippen LogP contribution in [-0.2, 0) is 14.3 Å². The molecule has 0 saturated carbocycles. The number of nitrogens with zero attached hydrogens (tertiary/aromatic N) is 1. The lowest BCUT2D eigenvalue weighted by Gasteiger charge is -2.04. The molecule has 1 unspecified atom stereocenters. The fraction of sp³-hybridized carbons (Fsp3) is 0.750. The second-order valence-electron chi connectivity index (χ2n) is 2.24. The number of ether oxygens (including phenoxy) is 2. The van der Waals surface area contributed by atoms with Gasteiger partial charge in [-0.1, -0.05) is 0 Å². The molecule has 0 aromatic rings. The van der Waals surface area contributed by atoms with Gasteiger partial charge in [-0.15, -0.1) is 23.4 Å². The maximum Gasteiger partial charge on any atom is 0.317 e. The lowest BCUT2D eigenvalue weighted by molar-refractivity contribution is -0.152. The Morgan fingerprint density at radius 3 is 3.00 bits per heavy atom. The first-order valence-corrected chi connectivity index (χ1v) is 5.64. The Labute approximate surface area is 92.5 Å². The Hall–Kier alpha value is -0.440. The summed E-state index contributed by atoms with van der Waals surface area (Å²) in [5.41, 5.74) is 0. The van der Waals surface area contributed by atoms with Crippen molar-refractivity contribution in [3.8, 4) is 6.07 Å². The summed E-state index contributed by atoms with van der Waals surface area (Å²) in [6, 6.07) is 1.86. The topological polar surface area (TPSA) is 59.3 Å². The Morgan fingerprint density at radius 2 is 2.43 bits per heavy atom. The average molecular weight is 238 g/mol. The van der Waals surface area contributed by atoms with Crippen molar-refractivity contribution in [1.82, 2.24) is 0 Å². The molecular weight excluding hydrogens is 226 g/mol. The van der Waals surface area contributed by atoms with E-state index in [4.69, 9.17) is 21.6 Å². The van der Waals surface area contributed by atoms with Gasteiger partial charge in [-0.3, -0.25) is 4.79 Å². The number of thioether (sulfide) groups is 1. The lowest BCUT2D eigenvalue weighted by atomic mass is 10.5. The highest BCUT2D eigenvalue weighted by Gasteiger charge is 2.06. The molecule has 0 aliphatic rings. The normalized spacial score (nSPS) is 11.8. The van der Waals surface area contributed by atoms with Crippen LogP contribution in [0.1, 0.15) is 6.92 Å². The highest BCUT2D eigenvalue weighted by atomic mass is 35.5. The number of carbonyl (C=O) groups excluding carboxylic acids is 1. The van der Waals surface area contributed by atoms with Crippen molar-refractivity contribution in [3.63, 3.8) is 0 Å². The summed E-state index contributed by atoms with van der Waals surface area (Å²) in [5, 5.41) is 7.79. The van der Waals surface area contributed by atoms with E-state index in [0.717, 1.165) is 0 Å². The number of alkyl halides is 1. The molecule has 80 valence electrons. The van der Waals surface area contributed by atoms with Gasteiger partial charge < -0.3 is 9.47 Å². The first-order valence-electron chi connectivity index (χ1n) is 4.05. The van der Waals surface area contributed by atoms with Crippen molar-refractivity contribution >= 4 is 29.3 Å². The highest BCUT2D eigenvalue weighted by molar-refractivity contribution is 8.00. The molecular formula is C8H12ClNO3S. The molecule has 0 rings (SSSR count). The van der Waals surface area contributed by atoms with E-state index in [9.17, 15) is 4.79 Å². The number of hydrogen-bond donors (Lipinski definition) is 0. The zero-order chi connectivity index (χ0) is 10.8. The average Bonchev–Trinajstić information content (AvgIpc) is 2.18. The van der Waals surface area contributed by atoms with Gasteiger partial charge in [-0.25, -0.2) is 0 Å². The molecule has 0 aliphatic carbocycles. The van der Waals surface area contributed by atoms with Crippen molar-refractivity contribution in [2.24, 2.45) is 0 Å². The maximum atomic E-state index is 10.9. The van der Waals surface area contributed by atoms with Gasteiger partial charge >= 0.3 is 5.97 Å². The smallest absolute Gasteiger partial charge is 0.317 e.